The van der Waals surface area contributed by atoms with Gasteiger partial charge in [-0.05, 0) is 37.5 Å². The third-order valence-corrected chi connectivity index (χ3v) is 3.93. The predicted octanol–water partition coefficient (Wildman–Crippen LogP) is 3.09. The zero-order chi connectivity index (χ0) is 14.8. The average molecular weight is 325 g/mol. The Bertz CT molecular complexity index is 650. The highest BCUT2D eigenvalue weighted by Crippen LogP contribution is 2.27. The molecule has 0 spiro atoms. The van der Waals surface area contributed by atoms with Crippen molar-refractivity contribution < 1.29 is 4.79 Å². The van der Waals surface area contributed by atoms with Crippen molar-refractivity contribution in [3.63, 3.8) is 0 Å². The number of nitrogens with zero attached hydrogens (tertiary/aromatic N) is 3. The Balaban J connectivity index is 1.90. The number of halogens is 2. The number of hydrogen-bond acceptors (Lipinski definition) is 3. The van der Waals surface area contributed by atoms with Crippen LogP contribution in [-0.4, -0.2) is 27.4 Å². The van der Waals surface area contributed by atoms with E-state index in [4.69, 9.17) is 23.2 Å². The van der Waals surface area contributed by atoms with E-state index >= 15 is 0 Å². The van der Waals surface area contributed by atoms with Gasteiger partial charge in [0.15, 0.2) is 0 Å². The molecule has 1 atom stereocenters. The lowest BCUT2D eigenvalue weighted by atomic mass is 10.1. The average Bonchev–Trinajstić information content (AvgIpc) is 2.81. The monoisotopic (exact) mass is 324 g/mol. The number of amides is 1. The molecule has 2 heterocycles. The van der Waals surface area contributed by atoms with E-state index in [2.05, 4.69) is 15.6 Å². The van der Waals surface area contributed by atoms with Gasteiger partial charge in [0.25, 0.3) is 0 Å². The zero-order valence-corrected chi connectivity index (χ0v) is 12.7. The molecule has 1 aromatic heterocycles. The van der Waals surface area contributed by atoms with Crippen molar-refractivity contribution in [2.75, 3.05) is 6.54 Å². The first-order valence-corrected chi connectivity index (χ1v) is 7.55. The Morgan fingerprint density at radius 1 is 1.19 bits per heavy atom. The molecule has 1 unspecified atom stereocenters. The normalized spacial score (nSPS) is 19.1. The lowest BCUT2D eigenvalue weighted by Gasteiger charge is -2.12. The molecule has 5 nitrogen and oxygen atoms in total. The summed E-state index contributed by atoms with van der Waals surface area (Å²) in [5, 5.41) is 12.2. The van der Waals surface area contributed by atoms with Gasteiger partial charge in [-0.2, -0.15) is 0 Å². The third-order valence-electron chi connectivity index (χ3n) is 3.49. The maximum atomic E-state index is 12.0. The van der Waals surface area contributed by atoms with Gasteiger partial charge in [0, 0.05) is 22.2 Å². The number of hydrogen-bond donors (Lipinski definition) is 1. The van der Waals surface area contributed by atoms with Gasteiger partial charge in [0.2, 0.25) is 5.91 Å². The van der Waals surface area contributed by atoms with Crippen molar-refractivity contribution >= 4 is 29.1 Å². The molecule has 0 aliphatic carbocycles. The highest BCUT2D eigenvalue weighted by Gasteiger charge is 2.23. The van der Waals surface area contributed by atoms with Gasteiger partial charge >= 0.3 is 0 Å². The minimum absolute atomic E-state index is 0.00641. The van der Waals surface area contributed by atoms with Crippen LogP contribution in [0.2, 0.25) is 10.0 Å². The Morgan fingerprint density at radius 3 is 2.71 bits per heavy atom. The molecule has 21 heavy (non-hydrogen) atoms. The number of carbonyl (C=O) groups is 1. The first kappa shape index (κ1) is 14.4. The van der Waals surface area contributed by atoms with Gasteiger partial charge in [0.05, 0.1) is 6.20 Å². The first-order valence-electron chi connectivity index (χ1n) is 6.79. The smallest absolute Gasteiger partial charge is 0.244 e. The lowest BCUT2D eigenvalue weighted by Crippen LogP contribution is -2.31. The van der Waals surface area contributed by atoms with Gasteiger partial charge in [-0.15, -0.1) is 5.10 Å². The van der Waals surface area contributed by atoms with Crippen LogP contribution in [0.25, 0.3) is 11.3 Å². The fourth-order valence-electron chi connectivity index (χ4n) is 2.44. The summed E-state index contributed by atoms with van der Waals surface area (Å²) in [6.07, 6.45) is 4.51. The standard InChI is InChI=1S/C14H14Cl2N4O/c15-10-5-9(6-11(16)7-10)12-8-20(19-18-12)13-3-1-2-4-17-14(13)21/h5-8,13H,1-4H2,(H,17,21). The van der Waals surface area contributed by atoms with Crippen LogP contribution in [0.5, 0.6) is 0 Å². The van der Waals surface area contributed by atoms with Crippen LogP contribution in [0.1, 0.15) is 25.3 Å². The zero-order valence-electron chi connectivity index (χ0n) is 11.2. The fourth-order valence-corrected chi connectivity index (χ4v) is 2.96. The van der Waals surface area contributed by atoms with Crippen molar-refractivity contribution in [1.82, 2.24) is 20.3 Å². The quantitative estimate of drug-likeness (QED) is 0.923. The molecule has 1 aliphatic rings. The van der Waals surface area contributed by atoms with Crippen LogP contribution in [0, 0.1) is 0 Å². The van der Waals surface area contributed by atoms with Crippen molar-refractivity contribution in [1.29, 1.82) is 0 Å². The second-order valence-electron chi connectivity index (χ2n) is 5.04. The van der Waals surface area contributed by atoms with Crippen LogP contribution in [0.4, 0.5) is 0 Å². The van der Waals surface area contributed by atoms with Crippen molar-refractivity contribution in [3.05, 3.63) is 34.4 Å². The van der Waals surface area contributed by atoms with E-state index in [1.54, 1.807) is 29.1 Å². The summed E-state index contributed by atoms with van der Waals surface area (Å²) in [5.41, 5.74) is 1.43. The largest absolute Gasteiger partial charge is 0.354 e. The summed E-state index contributed by atoms with van der Waals surface area (Å²) in [6.45, 7) is 0.723. The van der Waals surface area contributed by atoms with Crippen LogP contribution < -0.4 is 5.32 Å². The summed E-state index contributed by atoms with van der Waals surface area (Å²) in [6, 6.07) is 4.91. The molecule has 0 radical (unpaired) electrons. The van der Waals surface area contributed by atoms with Crippen molar-refractivity contribution in [2.45, 2.75) is 25.3 Å². The maximum Gasteiger partial charge on any atom is 0.244 e. The molecular weight excluding hydrogens is 311 g/mol. The molecule has 0 saturated carbocycles. The number of carbonyl (C=O) groups excluding carboxylic acids is 1. The number of rotatable bonds is 2. The highest BCUT2D eigenvalue weighted by atomic mass is 35.5. The van der Waals surface area contributed by atoms with E-state index in [1.165, 1.54) is 0 Å². The van der Waals surface area contributed by atoms with Gasteiger partial charge in [-0.1, -0.05) is 28.4 Å². The fraction of sp³-hybridized carbons (Fsp3) is 0.357. The topological polar surface area (TPSA) is 59.8 Å². The molecule has 1 fully saturated rings. The summed E-state index contributed by atoms with van der Waals surface area (Å²) in [7, 11) is 0. The van der Waals surface area contributed by atoms with E-state index in [1.807, 2.05) is 0 Å². The second-order valence-corrected chi connectivity index (χ2v) is 5.92. The van der Waals surface area contributed by atoms with E-state index in [-0.39, 0.29) is 11.9 Å². The first-order chi connectivity index (χ1) is 10.1. The minimum atomic E-state index is -0.302. The van der Waals surface area contributed by atoms with E-state index in [0.29, 0.717) is 15.7 Å². The Hall–Kier alpha value is -1.59. The molecule has 2 aromatic rings. The Labute approximate surface area is 132 Å². The van der Waals surface area contributed by atoms with Gasteiger partial charge in [-0.25, -0.2) is 4.68 Å². The van der Waals surface area contributed by atoms with Crippen LogP contribution in [-0.2, 0) is 4.79 Å². The highest BCUT2D eigenvalue weighted by molar-refractivity contribution is 6.35. The van der Waals surface area contributed by atoms with Crippen LogP contribution in [0.3, 0.4) is 0 Å². The number of nitrogens with one attached hydrogen (secondary N) is 1. The molecule has 1 amide bonds. The summed E-state index contributed by atoms with van der Waals surface area (Å²) >= 11 is 12.0. The van der Waals surface area contributed by atoms with Crippen LogP contribution in [0.15, 0.2) is 24.4 Å². The molecule has 1 saturated heterocycles. The summed E-state index contributed by atoms with van der Waals surface area (Å²) < 4.78 is 1.62. The lowest BCUT2D eigenvalue weighted by molar-refractivity contribution is -0.124. The predicted molar refractivity (Wildman–Crippen MR) is 81.4 cm³/mol. The van der Waals surface area contributed by atoms with Gasteiger partial charge in [-0.3, -0.25) is 4.79 Å². The van der Waals surface area contributed by atoms with E-state index in [9.17, 15) is 4.79 Å². The maximum absolute atomic E-state index is 12.0. The second kappa shape index (κ2) is 6.03. The molecule has 3 rings (SSSR count). The van der Waals surface area contributed by atoms with Crippen LogP contribution >= 0.6 is 23.2 Å². The summed E-state index contributed by atoms with van der Waals surface area (Å²) in [5.74, 6) is -0.00641. The Kier molecular flexibility index (Phi) is 4.12. The van der Waals surface area contributed by atoms with E-state index in [0.717, 1.165) is 31.4 Å². The third kappa shape index (κ3) is 3.19. The molecule has 110 valence electrons. The minimum Gasteiger partial charge on any atom is -0.354 e. The molecule has 1 aromatic carbocycles. The number of benzene rings is 1. The van der Waals surface area contributed by atoms with Crippen molar-refractivity contribution in [3.8, 4) is 11.3 Å². The van der Waals surface area contributed by atoms with Gasteiger partial charge in [0.1, 0.15) is 11.7 Å². The molecule has 1 aliphatic heterocycles. The summed E-state index contributed by atoms with van der Waals surface area (Å²) in [4.78, 5) is 12.0. The van der Waals surface area contributed by atoms with Gasteiger partial charge < -0.3 is 5.32 Å². The number of aromatic nitrogens is 3. The SMILES string of the molecule is O=C1NCCCCC1n1cc(-c2cc(Cl)cc(Cl)c2)nn1. The molecule has 0 bridgehead atoms. The molecule has 1 N–H and O–H groups in total. The van der Waals surface area contributed by atoms with Crippen molar-refractivity contribution in [2.24, 2.45) is 0 Å². The molecule has 7 heteroatoms. The molecular formula is C14H14Cl2N4O. The Morgan fingerprint density at radius 2 is 1.95 bits per heavy atom. The van der Waals surface area contributed by atoms with E-state index < -0.39 is 0 Å².